The van der Waals surface area contributed by atoms with Crippen LogP contribution in [-0.4, -0.2) is 33.2 Å². The Kier molecular flexibility index (Phi) is 4.53. The first-order chi connectivity index (χ1) is 12.9. The van der Waals surface area contributed by atoms with E-state index in [0.29, 0.717) is 31.1 Å². The van der Waals surface area contributed by atoms with Gasteiger partial charge >= 0.3 is 0 Å². The number of aryl methyl sites for hydroxylation is 1. The van der Waals surface area contributed by atoms with Gasteiger partial charge in [0.1, 0.15) is 19.0 Å². The van der Waals surface area contributed by atoms with Gasteiger partial charge in [-0.05, 0) is 49.2 Å². The molecule has 0 fully saturated rings. The van der Waals surface area contributed by atoms with Gasteiger partial charge in [0.2, 0.25) is 10.0 Å². The Labute approximate surface area is 156 Å². The van der Waals surface area contributed by atoms with Crippen LogP contribution in [0.3, 0.4) is 0 Å². The van der Waals surface area contributed by atoms with E-state index >= 15 is 0 Å². The lowest BCUT2D eigenvalue weighted by Crippen LogP contribution is -2.26. The Morgan fingerprint density at radius 1 is 1.11 bits per heavy atom. The second-order valence-electron chi connectivity index (χ2n) is 6.37. The van der Waals surface area contributed by atoms with E-state index in [1.54, 1.807) is 12.1 Å². The van der Waals surface area contributed by atoms with Crippen molar-refractivity contribution in [3.8, 4) is 11.5 Å². The quantitative estimate of drug-likeness (QED) is 0.702. The summed E-state index contributed by atoms with van der Waals surface area (Å²) >= 11 is 0. The van der Waals surface area contributed by atoms with Crippen LogP contribution in [0.1, 0.15) is 11.3 Å². The van der Waals surface area contributed by atoms with E-state index in [1.165, 1.54) is 24.3 Å². The monoisotopic (exact) mass is 390 g/mol. The van der Waals surface area contributed by atoms with Crippen molar-refractivity contribution in [3.63, 3.8) is 0 Å². The minimum absolute atomic E-state index is 0.119. The molecule has 4 rings (SSSR count). The van der Waals surface area contributed by atoms with Crippen molar-refractivity contribution < 1.29 is 22.3 Å². The summed E-state index contributed by atoms with van der Waals surface area (Å²) < 4.78 is 52.1. The van der Waals surface area contributed by atoms with Crippen LogP contribution < -0.4 is 14.2 Å². The zero-order chi connectivity index (χ0) is 19.0. The largest absolute Gasteiger partial charge is 0.486 e. The Morgan fingerprint density at radius 3 is 2.70 bits per heavy atom. The van der Waals surface area contributed by atoms with Crippen molar-refractivity contribution in [3.05, 3.63) is 53.5 Å². The van der Waals surface area contributed by atoms with E-state index in [2.05, 4.69) is 9.71 Å². The van der Waals surface area contributed by atoms with E-state index in [0.717, 1.165) is 22.2 Å². The Morgan fingerprint density at radius 2 is 1.89 bits per heavy atom. The standard InChI is InChI=1S/C19H19FN2O4S/c1-12-15(16-10-13(20)2-4-17(16)22-12)6-7-21-27(23,24)14-3-5-18-19(11-14)26-9-8-25-18/h2-5,10-11,21-22H,6-9H2,1H3. The van der Waals surface area contributed by atoms with Crippen LogP contribution in [0.5, 0.6) is 11.5 Å². The van der Waals surface area contributed by atoms with Crippen LogP contribution in [0.2, 0.25) is 0 Å². The summed E-state index contributed by atoms with van der Waals surface area (Å²) in [5.74, 6) is 0.642. The van der Waals surface area contributed by atoms with Crippen LogP contribution >= 0.6 is 0 Å². The van der Waals surface area contributed by atoms with Crippen LogP contribution in [0.4, 0.5) is 4.39 Å². The van der Waals surface area contributed by atoms with Gasteiger partial charge in [-0.3, -0.25) is 0 Å². The molecule has 1 aromatic heterocycles. The smallest absolute Gasteiger partial charge is 0.240 e. The summed E-state index contributed by atoms with van der Waals surface area (Å²) in [4.78, 5) is 3.31. The molecule has 0 saturated heterocycles. The van der Waals surface area contributed by atoms with Gasteiger partial charge in [-0.25, -0.2) is 17.5 Å². The summed E-state index contributed by atoms with van der Waals surface area (Å²) in [6.07, 6.45) is 0.444. The number of ether oxygens (including phenoxy) is 2. The zero-order valence-corrected chi connectivity index (χ0v) is 15.5. The lowest BCUT2D eigenvalue weighted by Gasteiger charge is -2.18. The van der Waals surface area contributed by atoms with Crippen molar-refractivity contribution in [2.24, 2.45) is 0 Å². The zero-order valence-electron chi connectivity index (χ0n) is 14.7. The number of nitrogens with one attached hydrogen (secondary N) is 2. The molecule has 0 aliphatic carbocycles. The maximum absolute atomic E-state index is 13.5. The second-order valence-corrected chi connectivity index (χ2v) is 8.14. The van der Waals surface area contributed by atoms with Crippen molar-refractivity contribution in [1.82, 2.24) is 9.71 Å². The van der Waals surface area contributed by atoms with Gasteiger partial charge in [0.15, 0.2) is 11.5 Å². The van der Waals surface area contributed by atoms with Crippen molar-refractivity contribution >= 4 is 20.9 Å². The van der Waals surface area contributed by atoms with Crippen LogP contribution in [-0.2, 0) is 16.4 Å². The van der Waals surface area contributed by atoms with E-state index in [9.17, 15) is 12.8 Å². The maximum Gasteiger partial charge on any atom is 0.240 e. The number of fused-ring (bicyclic) bond motifs is 2. The van der Waals surface area contributed by atoms with E-state index < -0.39 is 10.0 Å². The molecule has 0 spiro atoms. The summed E-state index contributed by atoms with van der Waals surface area (Å²) in [6.45, 7) is 2.92. The van der Waals surface area contributed by atoms with Crippen LogP contribution in [0.15, 0.2) is 41.3 Å². The molecule has 2 N–H and O–H groups in total. The summed E-state index contributed by atoms with van der Waals surface area (Å²) in [5.41, 5.74) is 2.63. The highest BCUT2D eigenvalue weighted by molar-refractivity contribution is 7.89. The molecule has 8 heteroatoms. The highest BCUT2D eigenvalue weighted by atomic mass is 32.2. The molecular formula is C19H19FN2O4S. The van der Waals surface area contributed by atoms with Crippen molar-refractivity contribution in [2.75, 3.05) is 19.8 Å². The Balaban J connectivity index is 1.50. The molecule has 1 aliphatic rings. The molecule has 2 heterocycles. The van der Waals surface area contributed by atoms with E-state index in [-0.39, 0.29) is 17.3 Å². The predicted molar refractivity (Wildman–Crippen MR) is 99.3 cm³/mol. The minimum atomic E-state index is -3.69. The highest BCUT2D eigenvalue weighted by Gasteiger charge is 2.19. The first kappa shape index (κ1) is 17.8. The third kappa shape index (κ3) is 3.50. The first-order valence-electron chi connectivity index (χ1n) is 8.60. The highest BCUT2D eigenvalue weighted by Crippen LogP contribution is 2.32. The number of aromatic nitrogens is 1. The number of hydrogen-bond acceptors (Lipinski definition) is 4. The molecule has 142 valence electrons. The molecule has 1 aliphatic heterocycles. The normalized spacial score (nSPS) is 13.9. The number of aromatic amines is 1. The summed E-state index contributed by atoms with van der Waals surface area (Å²) in [5, 5.41) is 0.769. The molecule has 27 heavy (non-hydrogen) atoms. The van der Waals surface area contributed by atoms with Crippen LogP contribution in [0.25, 0.3) is 10.9 Å². The first-order valence-corrected chi connectivity index (χ1v) is 10.1. The van der Waals surface area contributed by atoms with Gasteiger partial charge in [0.05, 0.1) is 4.90 Å². The molecule has 0 saturated carbocycles. The molecule has 0 radical (unpaired) electrons. The fourth-order valence-corrected chi connectivity index (χ4v) is 4.31. The lowest BCUT2D eigenvalue weighted by atomic mass is 10.1. The Hall–Kier alpha value is -2.58. The topological polar surface area (TPSA) is 80.4 Å². The number of halogens is 1. The van der Waals surface area contributed by atoms with E-state index in [1.807, 2.05) is 6.92 Å². The van der Waals surface area contributed by atoms with Gasteiger partial charge < -0.3 is 14.5 Å². The molecule has 0 atom stereocenters. The number of hydrogen-bond donors (Lipinski definition) is 2. The molecule has 0 unspecified atom stereocenters. The predicted octanol–water partition coefficient (Wildman–Crippen LogP) is 2.91. The number of rotatable bonds is 5. The number of H-pyrrole nitrogens is 1. The van der Waals surface area contributed by atoms with E-state index in [4.69, 9.17) is 9.47 Å². The summed E-state index contributed by atoms with van der Waals surface area (Å²) in [7, 11) is -3.69. The SMILES string of the molecule is Cc1[nH]c2ccc(F)cc2c1CCNS(=O)(=O)c1ccc2c(c1)OCCO2. The molecule has 2 aromatic carbocycles. The second kappa shape index (κ2) is 6.86. The third-order valence-electron chi connectivity index (χ3n) is 4.57. The summed E-state index contributed by atoms with van der Waals surface area (Å²) in [6, 6.07) is 9.08. The molecule has 6 nitrogen and oxygen atoms in total. The minimum Gasteiger partial charge on any atom is -0.486 e. The average Bonchev–Trinajstić information content (AvgIpc) is 2.96. The fourth-order valence-electron chi connectivity index (χ4n) is 3.26. The Bertz CT molecular complexity index is 1110. The van der Waals surface area contributed by atoms with Gasteiger partial charge in [-0.1, -0.05) is 0 Å². The van der Waals surface area contributed by atoms with Crippen molar-refractivity contribution in [2.45, 2.75) is 18.2 Å². The number of sulfonamides is 1. The van der Waals surface area contributed by atoms with Gasteiger partial charge in [0, 0.05) is 29.2 Å². The van der Waals surface area contributed by atoms with Gasteiger partial charge in [-0.15, -0.1) is 0 Å². The number of benzene rings is 2. The molecule has 3 aromatic rings. The molecule has 0 bridgehead atoms. The molecular weight excluding hydrogens is 371 g/mol. The lowest BCUT2D eigenvalue weighted by molar-refractivity contribution is 0.171. The third-order valence-corrected chi connectivity index (χ3v) is 6.03. The fraction of sp³-hybridized carbons (Fsp3) is 0.263. The van der Waals surface area contributed by atoms with Gasteiger partial charge in [-0.2, -0.15) is 0 Å². The molecule has 0 amide bonds. The average molecular weight is 390 g/mol. The van der Waals surface area contributed by atoms with Gasteiger partial charge in [0.25, 0.3) is 0 Å². The van der Waals surface area contributed by atoms with Crippen molar-refractivity contribution in [1.29, 1.82) is 0 Å². The maximum atomic E-state index is 13.5. The van der Waals surface area contributed by atoms with Crippen LogP contribution in [0, 0.1) is 12.7 Å².